The molecule has 0 saturated carbocycles. The van der Waals surface area contributed by atoms with Crippen molar-refractivity contribution < 1.29 is 14.3 Å². The molecule has 0 saturated heterocycles. The Morgan fingerprint density at radius 3 is 2.40 bits per heavy atom. The number of rotatable bonds is 7. The average molecular weight is 294 g/mol. The average Bonchev–Trinajstić information content (AvgIpc) is 2.39. The second kappa shape index (κ2) is 8.80. The lowest BCUT2D eigenvalue weighted by molar-refractivity contribution is -0.142. The minimum atomic E-state index is -0.251. The Hall–Kier alpha value is -1.29. The highest BCUT2D eigenvalue weighted by Gasteiger charge is 2.16. The number of hydrogen-bond acceptors (Lipinski definition) is 4. The SMILES string of the molecule is CCCc1ccc(C(=O)SC(C)CC(=O)OCC)cc1. The first-order chi connectivity index (χ1) is 9.56. The van der Waals surface area contributed by atoms with E-state index in [9.17, 15) is 9.59 Å². The smallest absolute Gasteiger partial charge is 0.306 e. The third kappa shape index (κ3) is 5.78. The van der Waals surface area contributed by atoms with E-state index in [4.69, 9.17) is 4.74 Å². The van der Waals surface area contributed by atoms with Gasteiger partial charge in [0.2, 0.25) is 5.12 Å². The van der Waals surface area contributed by atoms with Crippen LogP contribution in [-0.2, 0) is 16.0 Å². The molecule has 0 spiro atoms. The second-order valence-electron chi connectivity index (χ2n) is 4.67. The van der Waals surface area contributed by atoms with Crippen LogP contribution in [0.2, 0.25) is 0 Å². The van der Waals surface area contributed by atoms with Crippen molar-refractivity contribution in [2.24, 2.45) is 0 Å². The van der Waals surface area contributed by atoms with Gasteiger partial charge in [-0.2, -0.15) is 0 Å². The van der Waals surface area contributed by atoms with Gasteiger partial charge >= 0.3 is 5.97 Å². The monoisotopic (exact) mass is 294 g/mol. The van der Waals surface area contributed by atoms with Gasteiger partial charge in [0.15, 0.2) is 0 Å². The molecule has 20 heavy (non-hydrogen) atoms. The normalized spacial score (nSPS) is 11.9. The molecule has 4 heteroatoms. The van der Waals surface area contributed by atoms with Gasteiger partial charge in [-0.25, -0.2) is 0 Å². The maximum Gasteiger partial charge on any atom is 0.306 e. The molecule has 1 rings (SSSR count). The highest BCUT2D eigenvalue weighted by atomic mass is 32.2. The number of aryl methyl sites for hydroxylation is 1. The minimum Gasteiger partial charge on any atom is -0.466 e. The predicted molar refractivity (Wildman–Crippen MR) is 83.1 cm³/mol. The van der Waals surface area contributed by atoms with Gasteiger partial charge in [0.25, 0.3) is 0 Å². The first-order valence-electron chi connectivity index (χ1n) is 7.02. The zero-order valence-electron chi connectivity index (χ0n) is 12.3. The number of thioether (sulfide) groups is 1. The Labute approximate surface area is 125 Å². The summed E-state index contributed by atoms with van der Waals surface area (Å²) in [6.07, 6.45) is 2.39. The number of esters is 1. The van der Waals surface area contributed by atoms with Crippen LogP contribution in [-0.4, -0.2) is 22.9 Å². The highest BCUT2D eigenvalue weighted by Crippen LogP contribution is 2.21. The first-order valence-corrected chi connectivity index (χ1v) is 7.90. The number of carbonyl (C=O) groups is 2. The molecule has 0 aliphatic carbocycles. The Morgan fingerprint density at radius 2 is 1.85 bits per heavy atom. The van der Waals surface area contributed by atoms with Gasteiger partial charge < -0.3 is 4.74 Å². The topological polar surface area (TPSA) is 43.4 Å². The summed E-state index contributed by atoms with van der Waals surface area (Å²) >= 11 is 1.19. The van der Waals surface area contributed by atoms with Crippen LogP contribution in [0.3, 0.4) is 0 Å². The van der Waals surface area contributed by atoms with Gasteiger partial charge in [0.05, 0.1) is 13.0 Å². The third-order valence-corrected chi connectivity index (χ3v) is 3.81. The molecule has 3 nitrogen and oxygen atoms in total. The third-order valence-electron chi connectivity index (χ3n) is 2.80. The molecule has 0 aliphatic heterocycles. The molecule has 0 heterocycles. The summed E-state index contributed by atoms with van der Waals surface area (Å²) in [4.78, 5) is 23.4. The summed E-state index contributed by atoms with van der Waals surface area (Å²) in [7, 11) is 0. The lowest BCUT2D eigenvalue weighted by Crippen LogP contribution is -2.12. The summed E-state index contributed by atoms with van der Waals surface area (Å²) in [5, 5.41) is -0.0679. The Bertz CT molecular complexity index is 440. The van der Waals surface area contributed by atoms with Crippen LogP contribution < -0.4 is 0 Å². The van der Waals surface area contributed by atoms with Gasteiger partial charge in [-0.05, 0) is 18.9 Å². The maximum absolute atomic E-state index is 12.1. The summed E-state index contributed by atoms with van der Waals surface area (Å²) < 4.78 is 4.88. The van der Waals surface area contributed by atoms with E-state index in [0.717, 1.165) is 12.8 Å². The lowest BCUT2D eigenvalue weighted by Gasteiger charge is -2.09. The van der Waals surface area contributed by atoms with E-state index < -0.39 is 0 Å². The van der Waals surface area contributed by atoms with Crippen molar-refractivity contribution in [2.45, 2.75) is 45.3 Å². The number of benzene rings is 1. The number of hydrogen-bond donors (Lipinski definition) is 0. The van der Waals surface area contributed by atoms with Gasteiger partial charge in [0.1, 0.15) is 0 Å². The Balaban J connectivity index is 2.51. The van der Waals surface area contributed by atoms with Crippen LogP contribution in [0.25, 0.3) is 0 Å². The van der Waals surface area contributed by atoms with Crippen LogP contribution >= 0.6 is 11.8 Å². The van der Waals surface area contributed by atoms with Crippen LogP contribution in [0.5, 0.6) is 0 Å². The number of ether oxygens (including phenoxy) is 1. The van der Waals surface area contributed by atoms with E-state index in [2.05, 4.69) is 6.92 Å². The molecule has 0 fully saturated rings. The van der Waals surface area contributed by atoms with E-state index in [1.807, 2.05) is 31.2 Å². The van der Waals surface area contributed by atoms with Crippen LogP contribution in [0.15, 0.2) is 24.3 Å². The summed E-state index contributed by atoms with van der Waals surface area (Å²) in [6.45, 7) is 6.15. The standard InChI is InChI=1S/C16H22O3S/c1-4-6-13-7-9-14(10-8-13)16(18)20-12(3)11-15(17)19-5-2/h7-10,12H,4-6,11H2,1-3H3. The minimum absolute atomic E-state index is 0.00449. The van der Waals surface area contributed by atoms with Gasteiger partial charge in [-0.3, -0.25) is 9.59 Å². The Morgan fingerprint density at radius 1 is 1.20 bits per heavy atom. The molecule has 0 N–H and O–H groups in total. The van der Waals surface area contributed by atoms with E-state index in [-0.39, 0.29) is 22.8 Å². The molecule has 0 aliphatic rings. The van der Waals surface area contributed by atoms with Crippen molar-refractivity contribution in [1.82, 2.24) is 0 Å². The fourth-order valence-electron chi connectivity index (χ4n) is 1.84. The van der Waals surface area contributed by atoms with Gasteiger partial charge in [-0.1, -0.05) is 56.3 Å². The molecule has 1 atom stereocenters. The maximum atomic E-state index is 12.1. The fourth-order valence-corrected chi connectivity index (χ4v) is 2.70. The van der Waals surface area contributed by atoms with Gasteiger partial charge in [0, 0.05) is 10.8 Å². The van der Waals surface area contributed by atoms with Crippen LogP contribution in [0.1, 0.15) is 49.5 Å². The second-order valence-corrected chi connectivity index (χ2v) is 6.08. The van der Waals surface area contributed by atoms with Gasteiger partial charge in [-0.15, -0.1) is 0 Å². The zero-order chi connectivity index (χ0) is 15.0. The van der Waals surface area contributed by atoms with Crippen molar-refractivity contribution in [3.05, 3.63) is 35.4 Å². The summed E-state index contributed by atoms with van der Waals surface area (Å²) in [5.41, 5.74) is 1.93. The molecule has 1 aromatic carbocycles. The molecular weight excluding hydrogens is 272 g/mol. The van der Waals surface area contributed by atoms with Crippen molar-refractivity contribution in [3.8, 4) is 0 Å². The van der Waals surface area contributed by atoms with Crippen molar-refractivity contribution >= 4 is 22.8 Å². The van der Waals surface area contributed by atoms with Crippen LogP contribution in [0, 0.1) is 0 Å². The molecule has 0 bridgehead atoms. The van der Waals surface area contributed by atoms with E-state index in [1.54, 1.807) is 6.92 Å². The van der Waals surface area contributed by atoms with E-state index in [0.29, 0.717) is 12.2 Å². The number of carbonyl (C=O) groups excluding carboxylic acids is 2. The zero-order valence-corrected chi connectivity index (χ0v) is 13.2. The molecule has 0 amide bonds. The summed E-state index contributed by atoms with van der Waals surface area (Å²) in [6, 6.07) is 7.70. The molecule has 1 aromatic rings. The Kier molecular flexibility index (Phi) is 7.37. The summed E-state index contributed by atoms with van der Waals surface area (Å²) in [5.74, 6) is -0.251. The molecule has 0 radical (unpaired) electrons. The highest BCUT2D eigenvalue weighted by molar-refractivity contribution is 8.14. The van der Waals surface area contributed by atoms with Crippen molar-refractivity contribution in [1.29, 1.82) is 0 Å². The molecule has 110 valence electrons. The van der Waals surface area contributed by atoms with E-state index in [1.165, 1.54) is 17.3 Å². The predicted octanol–water partition coefficient (Wildman–Crippen LogP) is 3.85. The van der Waals surface area contributed by atoms with E-state index >= 15 is 0 Å². The quantitative estimate of drug-likeness (QED) is 0.716. The first kappa shape index (κ1) is 16.8. The molecule has 1 unspecified atom stereocenters. The molecular formula is C16H22O3S. The molecule has 0 aromatic heterocycles. The fraction of sp³-hybridized carbons (Fsp3) is 0.500. The van der Waals surface area contributed by atoms with Crippen molar-refractivity contribution in [2.75, 3.05) is 6.61 Å². The van der Waals surface area contributed by atoms with Crippen LogP contribution in [0.4, 0.5) is 0 Å². The lowest BCUT2D eigenvalue weighted by atomic mass is 10.1. The largest absolute Gasteiger partial charge is 0.466 e. The van der Waals surface area contributed by atoms with Crippen molar-refractivity contribution in [3.63, 3.8) is 0 Å².